The van der Waals surface area contributed by atoms with Crippen LogP contribution in [0.5, 0.6) is 0 Å². The Labute approximate surface area is 99.1 Å². The zero-order valence-electron chi connectivity index (χ0n) is 8.97. The lowest BCUT2D eigenvalue weighted by Gasteiger charge is -2.00. The summed E-state index contributed by atoms with van der Waals surface area (Å²) in [7, 11) is 0. The molecule has 1 rings (SSSR count). The topological polar surface area (TPSA) is 29.1 Å². The average Bonchev–Trinajstić information content (AvgIpc) is 2.24. The van der Waals surface area contributed by atoms with Gasteiger partial charge < -0.3 is 5.32 Å². The van der Waals surface area contributed by atoms with E-state index in [1.807, 2.05) is 0 Å². The van der Waals surface area contributed by atoms with Crippen molar-refractivity contribution < 1.29 is 9.18 Å². The number of alkyl halides is 1. The fourth-order valence-corrected chi connectivity index (χ4v) is 1.39. The molecule has 86 valence electrons. The maximum absolute atomic E-state index is 13.3. The number of rotatable bonds is 4. The molecule has 4 heteroatoms. The highest BCUT2D eigenvalue weighted by atomic mass is 35.5. The monoisotopic (exact) mass is 241 g/mol. The number of carbonyl (C=O) groups excluding carboxylic acids is 1. The minimum atomic E-state index is -0.309. The molecule has 0 saturated carbocycles. The van der Waals surface area contributed by atoms with E-state index in [1.165, 1.54) is 13.0 Å². The van der Waals surface area contributed by atoms with E-state index >= 15 is 0 Å². The predicted molar refractivity (Wildman–Crippen MR) is 63.7 cm³/mol. The van der Waals surface area contributed by atoms with Crippen molar-refractivity contribution in [2.24, 2.45) is 0 Å². The molecule has 16 heavy (non-hydrogen) atoms. The van der Waals surface area contributed by atoms with Crippen molar-refractivity contribution in [3.8, 4) is 0 Å². The fourth-order valence-electron chi connectivity index (χ4n) is 1.17. The van der Waals surface area contributed by atoms with E-state index in [0.717, 1.165) is 5.56 Å². The quantitative estimate of drug-likeness (QED) is 0.807. The summed E-state index contributed by atoms with van der Waals surface area (Å²) in [6.07, 6.45) is 3.51. The molecule has 0 aliphatic rings. The van der Waals surface area contributed by atoms with Crippen LogP contribution in [-0.2, 0) is 10.7 Å². The second-order valence-electron chi connectivity index (χ2n) is 3.32. The van der Waals surface area contributed by atoms with Gasteiger partial charge in [-0.05, 0) is 11.6 Å². The van der Waals surface area contributed by atoms with Gasteiger partial charge in [0.25, 0.3) is 0 Å². The molecule has 0 radical (unpaired) electrons. The Morgan fingerprint density at radius 2 is 2.31 bits per heavy atom. The maximum Gasteiger partial charge on any atom is 0.217 e. The molecule has 1 N–H and O–H groups in total. The van der Waals surface area contributed by atoms with Crippen LogP contribution < -0.4 is 5.32 Å². The molecule has 0 aliphatic heterocycles. The summed E-state index contributed by atoms with van der Waals surface area (Å²) in [5.41, 5.74) is 1.23. The van der Waals surface area contributed by atoms with E-state index < -0.39 is 0 Å². The van der Waals surface area contributed by atoms with Crippen LogP contribution in [0.15, 0.2) is 24.3 Å². The van der Waals surface area contributed by atoms with Crippen molar-refractivity contribution in [2.75, 3.05) is 6.54 Å². The summed E-state index contributed by atoms with van der Waals surface area (Å²) in [6.45, 7) is 1.89. The molecule has 0 atom stereocenters. The standard InChI is InChI=1S/C12H13ClFNO/c1-9(16)15-6-2-3-10-4-5-11(8-13)12(14)7-10/h2-5,7H,6,8H2,1H3,(H,15,16). The lowest BCUT2D eigenvalue weighted by molar-refractivity contribution is -0.118. The summed E-state index contributed by atoms with van der Waals surface area (Å²) < 4.78 is 13.3. The van der Waals surface area contributed by atoms with Crippen molar-refractivity contribution in [3.05, 3.63) is 41.2 Å². The second-order valence-corrected chi connectivity index (χ2v) is 3.59. The second kappa shape index (κ2) is 6.28. The highest BCUT2D eigenvalue weighted by molar-refractivity contribution is 6.17. The molecule has 1 aromatic carbocycles. The van der Waals surface area contributed by atoms with Crippen LogP contribution in [0.2, 0.25) is 0 Å². The minimum Gasteiger partial charge on any atom is -0.353 e. The predicted octanol–water partition coefficient (Wildman–Crippen LogP) is 2.71. The summed E-state index contributed by atoms with van der Waals surface area (Å²) >= 11 is 5.54. The molecular formula is C12H13ClFNO. The Kier molecular flexibility index (Phi) is 4.99. The van der Waals surface area contributed by atoms with Gasteiger partial charge >= 0.3 is 0 Å². The van der Waals surface area contributed by atoms with Crippen molar-refractivity contribution in [1.82, 2.24) is 5.32 Å². The van der Waals surface area contributed by atoms with Crippen LogP contribution >= 0.6 is 11.6 Å². The van der Waals surface area contributed by atoms with Gasteiger partial charge in [0.05, 0.1) is 5.88 Å². The van der Waals surface area contributed by atoms with Gasteiger partial charge in [-0.2, -0.15) is 0 Å². The minimum absolute atomic E-state index is 0.0895. The Morgan fingerprint density at radius 3 is 2.88 bits per heavy atom. The number of benzene rings is 1. The zero-order chi connectivity index (χ0) is 12.0. The molecule has 0 saturated heterocycles. The van der Waals surface area contributed by atoms with Gasteiger partial charge in [0.15, 0.2) is 0 Å². The van der Waals surface area contributed by atoms with Crippen LogP contribution in [-0.4, -0.2) is 12.5 Å². The largest absolute Gasteiger partial charge is 0.353 e. The summed E-state index contributed by atoms with van der Waals surface area (Å²) in [5.74, 6) is -0.230. The van der Waals surface area contributed by atoms with Crippen LogP contribution in [0.3, 0.4) is 0 Å². The first-order valence-corrected chi connectivity index (χ1v) is 5.42. The third-order valence-corrected chi connectivity index (χ3v) is 2.29. The van der Waals surface area contributed by atoms with Gasteiger partial charge in [-0.15, -0.1) is 11.6 Å². The number of hydrogen-bond donors (Lipinski definition) is 1. The number of halogens is 2. The highest BCUT2D eigenvalue weighted by Gasteiger charge is 2.00. The lowest BCUT2D eigenvalue weighted by Crippen LogP contribution is -2.19. The summed E-state index contributed by atoms with van der Waals surface area (Å²) in [6, 6.07) is 4.85. The first kappa shape index (κ1) is 12.7. The van der Waals surface area contributed by atoms with Crippen LogP contribution in [0.1, 0.15) is 18.1 Å². The van der Waals surface area contributed by atoms with E-state index in [0.29, 0.717) is 12.1 Å². The van der Waals surface area contributed by atoms with E-state index in [9.17, 15) is 9.18 Å². The molecule has 0 aliphatic carbocycles. The molecule has 2 nitrogen and oxygen atoms in total. The molecule has 0 bridgehead atoms. The molecule has 0 unspecified atom stereocenters. The van der Waals surface area contributed by atoms with E-state index in [-0.39, 0.29) is 17.6 Å². The SMILES string of the molecule is CC(=O)NCC=Cc1ccc(CCl)c(F)c1. The Morgan fingerprint density at radius 1 is 1.56 bits per heavy atom. The van der Waals surface area contributed by atoms with Crippen LogP contribution in [0.25, 0.3) is 6.08 Å². The van der Waals surface area contributed by atoms with Gasteiger partial charge in [-0.25, -0.2) is 4.39 Å². The van der Waals surface area contributed by atoms with Crippen LogP contribution in [0, 0.1) is 5.82 Å². The van der Waals surface area contributed by atoms with Crippen LogP contribution in [0.4, 0.5) is 4.39 Å². The third kappa shape index (κ3) is 4.03. The molecule has 0 fully saturated rings. The number of nitrogens with one attached hydrogen (secondary N) is 1. The average molecular weight is 242 g/mol. The maximum atomic E-state index is 13.3. The normalized spacial score (nSPS) is 10.7. The number of hydrogen-bond acceptors (Lipinski definition) is 1. The summed E-state index contributed by atoms with van der Waals surface area (Å²) in [5, 5.41) is 2.61. The van der Waals surface area contributed by atoms with E-state index in [2.05, 4.69) is 5.32 Å². The molecular weight excluding hydrogens is 229 g/mol. The van der Waals surface area contributed by atoms with Crippen molar-refractivity contribution in [1.29, 1.82) is 0 Å². The molecule has 0 aromatic heterocycles. The first-order valence-electron chi connectivity index (χ1n) is 4.89. The Balaban J connectivity index is 2.61. The molecule has 0 heterocycles. The zero-order valence-corrected chi connectivity index (χ0v) is 9.72. The Bertz CT molecular complexity index is 404. The van der Waals surface area contributed by atoms with Gasteiger partial charge in [0.1, 0.15) is 5.82 Å². The first-order chi connectivity index (χ1) is 7.63. The summed E-state index contributed by atoms with van der Waals surface area (Å²) in [4.78, 5) is 10.6. The molecule has 1 amide bonds. The van der Waals surface area contributed by atoms with Crippen molar-refractivity contribution >= 4 is 23.6 Å². The third-order valence-electron chi connectivity index (χ3n) is 2.00. The smallest absolute Gasteiger partial charge is 0.217 e. The van der Waals surface area contributed by atoms with Gasteiger partial charge in [-0.3, -0.25) is 4.79 Å². The lowest BCUT2D eigenvalue weighted by atomic mass is 10.1. The van der Waals surface area contributed by atoms with Gasteiger partial charge in [0, 0.05) is 19.0 Å². The highest BCUT2D eigenvalue weighted by Crippen LogP contribution is 2.13. The molecule has 1 aromatic rings. The number of carbonyl (C=O) groups is 1. The fraction of sp³-hybridized carbons (Fsp3) is 0.250. The van der Waals surface area contributed by atoms with E-state index in [4.69, 9.17) is 11.6 Å². The molecule has 0 spiro atoms. The van der Waals surface area contributed by atoms with Crippen molar-refractivity contribution in [3.63, 3.8) is 0 Å². The van der Waals surface area contributed by atoms with Gasteiger partial charge in [-0.1, -0.05) is 24.3 Å². The number of amides is 1. The van der Waals surface area contributed by atoms with E-state index in [1.54, 1.807) is 24.3 Å². The Hall–Kier alpha value is -1.35. The van der Waals surface area contributed by atoms with Gasteiger partial charge in [0.2, 0.25) is 5.91 Å². The van der Waals surface area contributed by atoms with Crippen molar-refractivity contribution in [2.45, 2.75) is 12.8 Å².